The van der Waals surface area contributed by atoms with Crippen molar-refractivity contribution < 1.29 is 9.31 Å². The number of aryl methyl sites for hydroxylation is 3. The summed E-state index contributed by atoms with van der Waals surface area (Å²) in [7, 11) is -0.137. The number of hydrogen-bond donors (Lipinski definition) is 0. The Labute approximate surface area is 449 Å². The maximum atomic E-state index is 5.82. The molecule has 2 nitrogen and oxygen atoms in total. The summed E-state index contributed by atoms with van der Waals surface area (Å²) in [6.07, 6.45) is 19.6. The fraction of sp³-hybridized carbons (Fsp3) is 0.390. The Morgan fingerprint density at radius 3 is 1.26 bits per heavy atom. The first-order valence-corrected chi connectivity index (χ1v) is 31.0. The van der Waals surface area contributed by atoms with Gasteiger partial charge in [-0.3, -0.25) is 0 Å². The Kier molecular flexibility index (Phi) is 19.7. The van der Waals surface area contributed by atoms with Crippen molar-refractivity contribution in [2.45, 2.75) is 131 Å². The molecule has 1 aliphatic rings. The highest BCUT2D eigenvalue weighted by Crippen LogP contribution is 2.41. The number of fused-ring (bicyclic) bond motifs is 6. The molecule has 5 aromatic heterocycles. The standard InChI is InChI=1S/C32H36S3.C15H25BO2S.C12H6Br2S/c1-3-5-7-9-11-25-15-19-29(33-25)23-13-17-27-28-18-14-24(22-32(28)35-31(27)21-23)30-20-16-26(34-30)12-10-8-6-4-2;1-4-5-6-7-8-13-9-10-14(19-13)16-17-11-15(2,3)12-18-16;13-7-1-3-9-10-4-2-8(14)6-12(10)15-11(9)5-7/h13-22H,3-12H2,1-2H3;9-10H,4-8,11-12H2,1-3H3;1-6H. The van der Waals surface area contributed by atoms with Crippen molar-refractivity contribution in [3.05, 3.63) is 133 Å². The third-order valence-electron chi connectivity index (χ3n) is 12.8. The average molecular weight is 1140 g/mol. The van der Waals surface area contributed by atoms with Crippen LogP contribution in [-0.2, 0) is 28.6 Å². The van der Waals surface area contributed by atoms with Gasteiger partial charge >= 0.3 is 7.12 Å². The van der Waals surface area contributed by atoms with Crippen LogP contribution < -0.4 is 4.78 Å². The molecule has 0 bridgehead atoms. The monoisotopic (exact) mass is 1140 g/mol. The molecule has 9 aromatic rings. The predicted octanol–water partition coefficient (Wildman–Crippen LogP) is 21.0. The zero-order valence-electron chi connectivity index (χ0n) is 41.1. The van der Waals surface area contributed by atoms with Crippen LogP contribution in [0.1, 0.15) is 126 Å². The highest BCUT2D eigenvalue weighted by molar-refractivity contribution is 9.10. The number of thiophene rings is 5. The molecule has 1 saturated heterocycles. The zero-order chi connectivity index (χ0) is 48.2. The van der Waals surface area contributed by atoms with E-state index in [1.165, 1.54) is 177 Å². The third-order valence-corrected chi connectivity index (χ3v) is 19.5. The normalized spacial score (nSPS) is 13.6. The second-order valence-corrected chi connectivity index (χ2v) is 26.8. The van der Waals surface area contributed by atoms with Crippen molar-refractivity contribution in [2.24, 2.45) is 5.41 Å². The Bertz CT molecular complexity index is 2850. The molecule has 0 N–H and O–H groups in total. The summed E-state index contributed by atoms with van der Waals surface area (Å²) in [6, 6.07) is 40.7. The topological polar surface area (TPSA) is 18.5 Å². The summed E-state index contributed by atoms with van der Waals surface area (Å²) in [5, 5.41) is 5.45. The van der Waals surface area contributed by atoms with Crippen molar-refractivity contribution in [3.8, 4) is 20.9 Å². The molecule has 0 spiro atoms. The van der Waals surface area contributed by atoms with E-state index in [9.17, 15) is 0 Å². The van der Waals surface area contributed by atoms with Gasteiger partial charge in [0.1, 0.15) is 0 Å². The largest absolute Gasteiger partial charge is 0.504 e. The second kappa shape index (κ2) is 25.8. The van der Waals surface area contributed by atoms with Gasteiger partial charge in [-0.25, -0.2) is 0 Å². The third kappa shape index (κ3) is 14.5. The average Bonchev–Trinajstić information content (AvgIpc) is 4.21. The highest BCUT2D eigenvalue weighted by Gasteiger charge is 2.34. The van der Waals surface area contributed by atoms with Gasteiger partial charge in [-0.05, 0) is 116 Å². The minimum atomic E-state index is -0.137. The molecule has 362 valence electrons. The lowest BCUT2D eigenvalue weighted by Gasteiger charge is -2.32. The van der Waals surface area contributed by atoms with E-state index in [1.54, 1.807) is 0 Å². The van der Waals surface area contributed by atoms with Crippen LogP contribution in [0.4, 0.5) is 0 Å². The maximum absolute atomic E-state index is 5.82. The van der Waals surface area contributed by atoms with Gasteiger partial charge < -0.3 is 9.31 Å². The smallest absolute Gasteiger partial charge is 0.406 e. The van der Waals surface area contributed by atoms with Gasteiger partial charge in [0.2, 0.25) is 0 Å². The van der Waals surface area contributed by atoms with Crippen molar-refractivity contribution in [1.29, 1.82) is 0 Å². The minimum Gasteiger partial charge on any atom is -0.406 e. The summed E-state index contributed by atoms with van der Waals surface area (Å²) >= 11 is 16.6. The number of halogens is 2. The number of hydrogen-bond acceptors (Lipinski definition) is 7. The molecule has 1 fully saturated rings. The van der Waals surface area contributed by atoms with E-state index in [0.717, 1.165) is 22.2 Å². The van der Waals surface area contributed by atoms with E-state index < -0.39 is 0 Å². The molecule has 0 radical (unpaired) electrons. The molecule has 0 atom stereocenters. The van der Waals surface area contributed by atoms with Crippen molar-refractivity contribution in [2.75, 3.05) is 13.2 Å². The molecule has 0 amide bonds. The van der Waals surface area contributed by atoms with E-state index in [4.69, 9.17) is 9.31 Å². The van der Waals surface area contributed by atoms with Crippen molar-refractivity contribution in [3.63, 3.8) is 0 Å². The molecule has 1 aliphatic heterocycles. The molecule has 0 unspecified atom stereocenters. The lowest BCUT2D eigenvalue weighted by molar-refractivity contribution is 0.0346. The van der Waals surface area contributed by atoms with Crippen molar-refractivity contribution in [1.82, 2.24) is 0 Å². The number of unbranched alkanes of at least 4 members (excludes halogenated alkanes) is 9. The van der Waals surface area contributed by atoms with Crippen LogP contribution in [0.2, 0.25) is 0 Å². The van der Waals surface area contributed by atoms with Gasteiger partial charge in [0.05, 0.1) is 0 Å². The molecule has 0 saturated carbocycles. The van der Waals surface area contributed by atoms with Crippen LogP contribution in [-0.4, -0.2) is 20.3 Å². The van der Waals surface area contributed by atoms with Gasteiger partial charge in [0.25, 0.3) is 0 Å². The quantitative estimate of drug-likeness (QED) is 0.0630. The molecule has 0 aliphatic carbocycles. The number of rotatable bonds is 18. The van der Waals surface area contributed by atoms with Gasteiger partial charge in [-0.15, -0.1) is 56.7 Å². The first kappa shape index (κ1) is 52.7. The molecular weight excluding hydrogens is 1070 g/mol. The molecule has 6 heterocycles. The van der Waals surface area contributed by atoms with E-state index in [2.05, 4.69) is 176 Å². The Hall–Kier alpha value is -2.64. The van der Waals surface area contributed by atoms with E-state index in [1.807, 2.05) is 56.7 Å². The maximum Gasteiger partial charge on any atom is 0.504 e. The predicted molar refractivity (Wildman–Crippen MR) is 320 cm³/mol. The van der Waals surface area contributed by atoms with Gasteiger partial charge in [0, 0.05) is 97.1 Å². The fourth-order valence-corrected chi connectivity index (χ4v) is 15.4. The lowest BCUT2D eigenvalue weighted by Crippen LogP contribution is -2.46. The summed E-state index contributed by atoms with van der Waals surface area (Å²) in [5.74, 6) is 0. The van der Waals surface area contributed by atoms with Crippen LogP contribution in [0.3, 0.4) is 0 Å². The zero-order valence-corrected chi connectivity index (χ0v) is 48.4. The Balaban J connectivity index is 0.000000157. The number of benzene rings is 4. The molecule has 10 heteroatoms. The molecular formula is C59H67BBr2O2S5. The summed E-state index contributed by atoms with van der Waals surface area (Å²) in [4.78, 5) is 7.32. The summed E-state index contributed by atoms with van der Waals surface area (Å²) in [5.41, 5.74) is 2.87. The lowest BCUT2D eigenvalue weighted by atomic mass is 9.82. The molecule has 4 aromatic carbocycles. The molecule has 10 rings (SSSR count). The van der Waals surface area contributed by atoms with Crippen LogP contribution in [0.15, 0.2) is 118 Å². The minimum absolute atomic E-state index is 0.137. The van der Waals surface area contributed by atoms with Crippen LogP contribution in [0, 0.1) is 5.41 Å². The second-order valence-electron chi connectivity index (χ2n) is 19.3. The van der Waals surface area contributed by atoms with Gasteiger partial charge in [-0.2, -0.15) is 0 Å². The van der Waals surface area contributed by atoms with Gasteiger partial charge in [-0.1, -0.05) is 167 Å². The van der Waals surface area contributed by atoms with E-state index >= 15 is 0 Å². The van der Waals surface area contributed by atoms with E-state index in [0.29, 0.717) is 0 Å². The van der Waals surface area contributed by atoms with Crippen LogP contribution in [0.25, 0.3) is 61.2 Å². The summed E-state index contributed by atoms with van der Waals surface area (Å²) < 4.78 is 20.6. The highest BCUT2D eigenvalue weighted by atomic mass is 79.9. The molecule has 69 heavy (non-hydrogen) atoms. The first-order chi connectivity index (χ1) is 33.6. The summed E-state index contributed by atoms with van der Waals surface area (Å²) in [6.45, 7) is 12.7. The Morgan fingerprint density at radius 2 is 0.826 bits per heavy atom. The first-order valence-electron chi connectivity index (χ1n) is 25.3. The Morgan fingerprint density at radius 1 is 0.435 bits per heavy atom. The fourth-order valence-electron chi connectivity index (χ4n) is 8.83. The van der Waals surface area contributed by atoms with Crippen LogP contribution in [0.5, 0.6) is 0 Å². The SMILES string of the molecule is Brc1ccc2c(c1)sc1cc(Br)ccc12.CCCCCCc1ccc(-c2ccc3c(c2)sc2cc(-c4ccc(CCCCCC)s4)ccc23)s1.CCCCCCc1ccc(B2OCC(C)(C)CO2)s1. The van der Waals surface area contributed by atoms with Gasteiger partial charge in [0.15, 0.2) is 0 Å². The van der Waals surface area contributed by atoms with Crippen LogP contribution >= 0.6 is 88.5 Å². The van der Waals surface area contributed by atoms with E-state index in [-0.39, 0.29) is 12.5 Å². The van der Waals surface area contributed by atoms with Crippen molar-refractivity contribution >= 4 is 141 Å².